The summed E-state index contributed by atoms with van der Waals surface area (Å²) in [6, 6.07) is 10.3. The summed E-state index contributed by atoms with van der Waals surface area (Å²) in [6.45, 7) is 7.30. The quantitative estimate of drug-likeness (QED) is 0.639. The predicted octanol–water partition coefficient (Wildman–Crippen LogP) is 1.80. The number of benzene rings is 1. The van der Waals surface area contributed by atoms with E-state index in [-0.39, 0.29) is 46.4 Å². The molecular weight excluding hydrogens is 408 g/mol. The van der Waals surface area contributed by atoms with Gasteiger partial charge in [0.05, 0.1) is 5.39 Å². The van der Waals surface area contributed by atoms with Crippen molar-refractivity contribution in [1.82, 2.24) is 19.8 Å². The van der Waals surface area contributed by atoms with Gasteiger partial charge in [0.1, 0.15) is 17.8 Å². The van der Waals surface area contributed by atoms with Crippen LogP contribution in [0.4, 0.5) is 0 Å². The molecule has 2 aromatic heterocycles. The van der Waals surface area contributed by atoms with Gasteiger partial charge in [-0.15, -0.1) is 0 Å². The number of rotatable bonds is 5. The maximum Gasteiger partial charge on any atom is 0.265 e. The van der Waals surface area contributed by atoms with Gasteiger partial charge in [-0.2, -0.15) is 0 Å². The van der Waals surface area contributed by atoms with Gasteiger partial charge >= 0.3 is 0 Å². The summed E-state index contributed by atoms with van der Waals surface area (Å²) >= 11 is 0. The van der Waals surface area contributed by atoms with E-state index in [0.29, 0.717) is 13.1 Å². The Morgan fingerprint density at radius 3 is 2.44 bits per heavy atom. The smallest absolute Gasteiger partial charge is 0.265 e. The lowest BCUT2D eigenvalue weighted by Gasteiger charge is -2.45. The van der Waals surface area contributed by atoms with Crippen molar-refractivity contribution in [2.75, 3.05) is 13.1 Å². The summed E-state index contributed by atoms with van der Waals surface area (Å²) < 4.78 is 1.19. The number of aromatic nitrogens is 2. The third kappa shape index (κ3) is 4.21. The number of pyridine rings is 2. The topological polar surface area (TPSA) is 104 Å². The summed E-state index contributed by atoms with van der Waals surface area (Å²) in [7, 11) is 0. The van der Waals surface area contributed by atoms with Crippen molar-refractivity contribution < 1.29 is 9.59 Å². The number of H-pyrrole nitrogens is 1. The molecule has 1 fully saturated rings. The minimum Gasteiger partial charge on any atom is -0.348 e. The zero-order chi connectivity index (χ0) is 23.0. The van der Waals surface area contributed by atoms with Crippen LogP contribution in [-0.4, -0.2) is 39.4 Å². The van der Waals surface area contributed by atoms with Crippen molar-refractivity contribution in [3.05, 3.63) is 79.9 Å². The molecule has 0 radical (unpaired) electrons. The van der Waals surface area contributed by atoms with Gasteiger partial charge in [-0.25, -0.2) is 0 Å². The molecule has 0 unspecified atom stereocenters. The van der Waals surface area contributed by atoms with Crippen molar-refractivity contribution >= 4 is 22.8 Å². The first-order valence-electron chi connectivity index (χ1n) is 10.5. The SMILES string of the molecule is Cc1ccc(CNC(=O)c2cc3c(=O)cc[nH]c3n(CC(=O)N3CC(C)(C)C3)c2=O)cc1. The Bertz CT molecular complexity index is 1310. The number of hydrogen-bond acceptors (Lipinski definition) is 4. The highest BCUT2D eigenvalue weighted by Crippen LogP contribution is 2.28. The van der Waals surface area contributed by atoms with Crippen molar-refractivity contribution in [3.63, 3.8) is 0 Å². The summed E-state index contributed by atoms with van der Waals surface area (Å²) in [4.78, 5) is 55.8. The highest BCUT2D eigenvalue weighted by Gasteiger charge is 2.37. The highest BCUT2D eigenvalue weighted by molar-refractivity contribution is 5.97. The van der Waals surface area contributed by atoms with Crippen molar-refractivity contribution in [1.29, 1.82) is 0 Å². The fraction of sp³-hybridized carbons (Fsp3) is 0.333. The van der Waals surface area contributed by atoms with Crippen LogP contribution in [0, 0.1) is 12.3 Å². The highest BCUT2D eigenvalue weighted by atomic mass is 16.2. The van der Waals surface area contributed by atoms with Crippen LogP contribution in [0.2, 0.25) is 0 Å². The Balaban J connectivity index is 1.66. The second kappa shape index (κ2) is 8.11. The second-order valence-electron chi connectivity index (χ2n) is 9.14. The summed E-state index contributed by atoms with van der Waals surface area (Å²) in [5, 5.41) is 2.92. The molecule has 0 saturated carbocycles. The molecular formula is C24H26N4O4. The fourth-order valence-corrected chi connectivity index (χ4v) is 3.99. The molecule has 1 aliphatic rings. The van der Waals surface area contributed by atoms with Crippen LogP contribution in [-0.2, 0) is 17.9 Å². The van der Waals surface area contributed by atoms with Gasteiger partial charge in [-0.3, -0.25) is 23.7 Å². The molecule has 4 rings (SSSR count). The van der Waals surface area contributed by atoms with E-state index in [4.69, 9.17) is 0 Å². The van der Waals surface area contributed by atoms with Crippen LogP contribution in [0.1, 0.15) is 35.3 Å². The number of nitrogens with one attached hydrogen (secondary N) is 2. The minimum atomic E-state index is -0.617. The van der Waals surface area contributed by atoms with Gasteiger partial charge in [0, 0.05) is 31.9 Å². The number of carbonyl (C=O) groups is 2. The van der Waals surface area contributed by atoms with Crippen molar-refractivity contribution in [3.8, 4) is 0 Å². The first kappa shape index (κ1) is 21.5. The molecule has 1 saturated heterocycles. The van der Waals surface area contributed by atoms with E-state index in [9.17, 15) is 19.2 Å². The number of hydrogen-bond donors (Lipinski definition) is 2. The molecule has 1 aliphatic heterocycles. The van der Waals surface area contributed by atoms with E-state index < -0.39 is 11.5 Å². The fourth-order valence-electron chi connectivity index (χ4n) is 3.99. The Kier molecular flexibility index (Phi) is 5.46. The van der Waals surface area contributed by atoms with E-state index in [2.05, 4.69) is 24.1 Å². The van der Waals surface area contributed by atoms with E-state index in [1.54, 1.807) is 4.90 Å². The van der Waals surface area contributed by atoms with Gasteiger partial charge in [0.25, 0.3) is 11.5 Å². The third-order valence-corrected chi connectivity index (χ3v) is 5.71. The maximum absolute atomic E-state index is 13.2. The molecule has 3 heterocycles. The molecule has 32 heavy (non-hydrogen) atoms. The monoisotopic (exact) mass is 434 g/mol. The van der Waals surface area contributed by atoms with Crippen LogP contribution in [0.3, 0.4) is 0 Å². The molecule has 166 valence electrons. The molecule has 0 atom stereocenters. The molecule has 3 aromatic rings. The number of likely N-dealkylation sites (tertiary alicyclic amines) is 1. The largest absolute Gasteiger partial charge is 0.348 e. The van der Waals surface area contributed by atoms with E-state index in [0.717, 1.165) is 11.1 Å². The molecule has 2 N–H and O–H groups in total. The zero-order valence-electron chi connectivity index (χ0n) is 18.4. The van der Waals surface area contributed by atoms with Crippen LogP contribution in [0.15, 0.2) is 52.2 Å². The van der Waals surface area contributed by atoms with Crippen LogP contribution in [0.5, 0.6) is 0 Å². The second-order valence-corrected chi connectivity index (χ2v) is 9.14. The third-order valence-electron chi connectivity index (χ3n) is 5.71. The first-order chi connectivity index (χ1) is 15.1. The lowest BCUT2D eigenvalue weighted by molar-refractivity contribution is -0.142. The van der Waals surface area contributed by atoms with E-state index >= 15 is 0 Å². The number of amides is 2. The zero-order valence-corrected chi connectivity index (χ0v) is 18.4. The van der Waals surface area contributed by atoms with Gasteiger partial charge in [0.15, 0.2) is 5.43 Å². The number of aromatic amines is 1. The van der Waals surface area contributed by atoms with E-state index in [1.165, 1.54) is 22.9 Å². The molecule has 0 bridgehead atoms. The molecule has 8 nitrogen and oxygen atoms in total. The number of nitrogens with zero attached hydrogens (tertiary/aromatic N) is 2. The molecule has 8 heteroatoms. The Hall–Kier alpha value is -3.68. The molecule has 1 aromatic carbocycles. The first-order valence-corrected chi connectivity index (χ1v) is 10.5. The van der Waals surface area contributed by atoms with Crippen molar-refractivity contribution in [2.24, 2.45) is 5.41 Å². The summed E-state index contributed by atoms with van der Waals surface area (Å²) in [5.74, 6) is -0.818. The van der Waals surface area contributed by atoms with Crippen LogP contribution in [0.25, 0.3) is 11.0 Å². The Labute approximate surface area is 184 Å². The lowest BCUT2D eigenvalue weighted by atomic mass is 9.84. The maximum atomic E-state index is 13.2. The number of aryl methyl sites for hydroxylation is 1. The number of carbonyl (C=O) groups excluding carboxylic acids is 2. The molecule has 0 aliphatic carbocycles. The van der Waals surface area contributed by atoms with Gasteiger partial charge in [-0.05, 0) is 24.0 Å². The van der Waals surface area contributed by atoms with Crippen LogP contribution >= 0.6 is 0 Å². The summed E-state index contributed by atoms with van der Waals surface area (Å²) in [6.07, 6.45) is 1.43. The van der Waals surface area contributed by atoms with Crippen LogP contribution < -0.4 is 16.3 Å². The normalized spacial score (nSPS) is 14.8. The Morgan fingerprint density at radius 1 is 1.09 bits per heavy atom. The summed E-state index contributed by atoms with van der Waals surface area (Å²) in [5.41, 5.74) is 1.15. The molecule has 0 spiro atoms. The van der Waals surface area contributed by atoms with E-state index in [1.807, 2.05) is 31.2 Å². The van der Waals surface area contributed by atoms with Gasteiger partial charge in [0.2, 0.25) is 5.91 Å². The minimum absolute atomic E-state index is 0.0503. The number of fused-ring (bicyclic) bond motifs is 1. The van der Waals surface area contributed by atoms with Gasteiger partial charge < -0.3 is 15.2 Å². The Morgan fingerprint density at radius 2 is 1.78 bits per heavy atom. The van der Waals surface area contributed by atoms with Gasteiger partial charge in [-0.1, -0.05) is 43.7 Å². The predicted molar refractivity (Wildman–Crippen MR) is 122 cm³/mol. The average molecular weight is 434 g/mol. The standard InChI is InChI=1S/C24H26N4O4/c1-15-4-6-16(7-5-15)11-26-22(31)18-10-17-19(29)8-9-25-21(17)28(23(18)32)12-20(30)27-13-24(2,3)14-27/h4-10H,11-14H2,1-3H3,(H,25,29)(H,26,31). The van der Waals surface area contributed by atoms with Crippen molar-refractivity contribution in [2.45, 2.75) is 33.9 Å². The molecule has 2 amide bonds. The lowest BCUT2D eigenvalue weighted by Crippen LogP contribution is -2.56. The average Bonchev–Trinajstić information content (AvgIpc) is 2.73.